The number of nitrogen functional groups attached to an aromatic ring is 1. The van der Waals surface area contributed by atoms with Gasteiger partial charge in [-0.05, 0) is 31.2 Å². The third-order valence-electron chi connectivity index (χ3n) is 2.96. The molecule has 3 rings (SSSR count). The van der Waals surface area contributed by atoms with Crippen LogP contribution in [0.5, 0.6) is 0 Å². The van der Waals surface area contributed by atoms with Crippen LogP contribution in [0.2, 0.25) is 0 Å². The summed E-state index contributed by atoms with van der Waals surface area (Å²) in [5.74, 6) is -0.151. The van der Waals surface area contributed by atoms with E-state index in [2.05, 4.69) is 9.97 Å². The summed E-state index contributed by atoms with van der Waals surface area (Å²) in [5.41, 5.74) is 9.30. The molecule has 0 amide bonds. The molecule has 19 heavy (non-hydrogen) atoms. The molecule has 2 N–H and O–H groups in total. The van der Waals surface area contributed by atoms with Crippen molar-refractivity contribution in [2.45, 2.75) is 6.92 Å². The fraction of sp³-hybridized carbons (Fsp3) is 0.154. The van der Waals surface area contributed by atoms with E-state index in [4.69, 9.17) is 10.2 Å². The first-order valence-corrected chi connectivity index (χ1v) is 5.76. The van der Waals surface area contributed by atoms with E-state index in [1.807, 2.05) is 25.1 Å². The van der Waals surface area contributed by atoms with Crippen LogP contribution in [0, 0.1) is 6.92 Å². The second-order valence-electron chi connectivity index (χ2n) is 4.36. The van der Waals surface area contributed by atoms with Crippen molar-refractivity contribution in [3.63, 3.8) is 0 Å². The van der Waals surface area contributed by atoms with Gasteiger partial charge in [-0.15, -0.1) is 0 Å². The van der Waals surface area contributed by atoms with Crippen LogP contribution in [0.15, 0.2) is 33.5 Å². The summed E-state index contributed by atoms with van der Waals surface area (Å²) in [5, 5.41) is 0. The fourth-order valence-corrected chi connectivity index (χ4v) is 2.03. The number of nitrogens with zero attached hydrogens (tertiary/aromatic N) is 3. The van der Waals surface area contributed by atoms with Gasteiger partial charge in [0.2, 0.25) is 5.95 Å². The number of nitrogens with two attached hydrogens (primary N) is 1. The molecular weight excluding hydrogens is 244 g/mol. The van der Waals surface area contributed by atoms with E-state index >= 15 is 0 Å². The van der Waals surface area contributed by atoms with E-state index in [1.165, 1.54) is 4.57 Å². The van der Waals surface area contributed by atoms with Gasteiger partial charge in [0.15, 0.2) is 5.58 Å². The molecule has 2 aromatic heterocycles. The van der Waals surface area contributed by atoms with Gasteiger partial charge in [0.25, 0.3) is 0 Å². The SMILES string of the molecule is Cc1cc(-c2ccc3oc(=O)n(C)c3c2)nc(N)n1. The lowest BCUT2D eigenvalue weighted by atomic mass is 10.1. The van der Waals surface area contributed by atoms with Crippen molar-refractivity contribution >= 4 is 17.0 Å². The molecule has 0 atom stereocenters. The lowest BCUT2D eigenvalue weighted by Gasteiger charge is -2.03. The van der Waals surface area contributed by atoms with E-state index in [0.29, 0.717) is 5.58 Å². The molecule has 0 bridgehead atoms. The second kappa shape index (κ2) is 3.94. The van der Waals surface area contributed by atoms with E-state index in [-0.39, 0.29) is 11.7 Å². The van der Waals surface area contributed by atoms with E-state index in [9.17, 15) is 4.79 Å². The fourth-order valence-electron chi connectivity index (χ4n) is 2.03. The highest BCUT2D eigenvalue weighted by molar-refractivity contribution is 5.79. The molecule has 0 aliphatic carbocycles. The zero-order chi connectivity index (χ0) is 13.6. The smallest absolute Gasteiger partial charge is 0.408 e. The zero-order valence-electron chi connectivity index (χ0n) is 10.5. The van der Waals surface area contributed by atoms with E-state index < -0.39 is 0 Å². The van der Waals surface area contributed by atoms with Crippen molar-refractivity contribution in [2.24, 2.45) is 7.05 Å². The van der Waals surface area contributed by atoms with Crippen LogP contribution in [-0.4, -0.2) is 14.5 Å². The van der Waals surface area contributed by atoms with Gasteiger partial charge in [-0.2, -0.15) is 0 Å². The lowest BCUT2D eigenvalue weighted by Crippen LogP contribution is -2.08. The number of hydrogen-bond acceptors (Lipinski definition) is 5. The minimum atomic E-state index is -0.384. The minimum Gasteiger partial charge on any atom is -0.408 e. The Labute approximate surface area is 108 Å². The third-order valence-corrected chi connectivity index (χ3v) is 2.96. The van der Waals surface area contributed by atoms with Gasteiger partial charge in [0.1, 0.15) is 0 Å². The first-order chi connectivity index (χ1) is 9.04. The van der Waals surface area contributed by atoms with Gasteiger partial charge in [-0.3, -0.25) is 4.57 Å². The highest BCUT2D eigenvalue weighted by atomic mass is 16.4. The monoisotopic (exact) mass is 256 g/mol. The molecule has 6 heteroatoms. The molecule has 2 heterocycles. The zero-order valence-corrected chi connectivity index (χ0v) is 10.5. The Balaban J connectivity index is 2.25. The molecule has 0 aliphatic heterocycles. The Kier molecular flexibility index (Phi) is 2.38. The van der Waals surface area contributed by atoms with Crippen LogP contribution in [0.4, 0.5) is 5.95 Å². The predicted octanol–water partition coefficient (Wildman–Crippen LogP) is 1.48. The number of benzene rings is 1. The molecule has 0 saturated heterocycles. The summed E-state index contributed by atoms with van der Waals surface area (Å²) in [7, 11) is 1.66. The average molecular weight is 256 g/mol. The van der Waals surface area contributed by atoms with E-state index in [1.54, 1.807) is 13.1 Å². The Morgan fingerprint density at radius 1 is 1.26 bits per heavy atom. The van der Waals surface area contributed by atoms with Crippen LogP contribution >= 0.6 is 0 Å². The largest absolute Gasteiger partial charge is 0.419 e. The molecule has 0 aliphatic rings. The summed E-state index contributed by atoms with van der Waals surface area (Å²) in [6, 6.07) is 7.28. The standard InChI is InChI=1S/C13H12N4O2/c1-7-5-9(16-12(14)15-7)8-3-4-11-10(6-8)17(2)13(18)19-11/h3-6H,1-2H3,(H2,14,15,16). The maximum atomic E-state index is 11.4. The molecule has 1 aromatic carbocycles. The van der Waals surface area contributed by atoms with Gasteiger partial charge in [0, 0.05) is 18.3 Å². The first-order valence-electron chi connectivity index (χ1n) is 5.76. The Morgan fingerprint density at radius 3 is 2.79 bits per heavy atom. The molecule has 0 fully saturated rings. The molecule has 0 spiro atoms. The van der Waals surface area contributed by atoms with Crippen molar-refractivity contribution in [3.8, 4) is 11.3 Å². The number of oxazole rings is 1. The Hall–Kier alpha value is -2.63. The van der Waals surface area contributed by atoms with Gasteiger partial charge < -0.3 is 10.2 Å². The maximum Gasteiger partial charge on any atom is 0.419 e. The van der Waals surface area contributed by atoms with Crippen molar-refractivity contribution in [3.05, 3.63) is 40.5 Å². The Morgan fingerprint density at radius 2 is 2.05 bits per heavy atom. The van der Waals surface area contributed by atoms with Crippen LogP contribution < -0.4 is 11.5 Å². The van der Waals surface area contributed by atoms with Crippen LogP contribution in [0.3, 0.4) is 0 Å². The molecule has 0 radical (unpaired) electrons. The number of fused-ring (bicyclic) bond motifs is 1. The van der Waals surface area contributed by atoms with Crippen LogP contribution in [0.25, 0.3) is 22.4 Å². The predicted molar refractivity (Wildman–Crippen MR) is 71.6 cm³/mol. The molecule has 6 nitrogen and oxygen atoms in total. The summed E-state index contributed by atoms with van der Waals surface area (Å²) in [6.07, 6.45) is 0. The second-order valence-corrected chi connectivity index (χ2v) is 4.36. The van der Waals surface area contributed by atoms with Crippen molar-refractivity contribution in [2.75, 3.05) is 5.73 Å². The van der Waals surface area contributed by atoms with Crippen molar-refractivity contribution < 1.29 is 4.42 Å². The lowest BCUT2D eigenvalue weighted by molar-refractivity contribution is 0.528. The molecular formula is C13H12N4O2. The molecule has 3 aromatic rings. The molecule has 0 saturated carbocycles. The number of aryl methyl sites for hydroxylation is 2. The third kappa shape index (κ3) is 1.87. The maximum absolute atomic E-state index is 11.4. The van der Waals surface area contributed by atoms with Crippen LogP contribution in [-0.2, 0) is 7.05 Å². The van der Waals surface area contributed by atoms with Crippen molar-refractivity contribution in [1.29, 1.82) is 0 Å². The molecule has 96 valence electrons. The first kappa shape index (κ1) is 11.5. The summed E-state index contributed by atoms with van der Waals surface area (Å²) < 4.78 is 6.54. The number of aromatic nitrogens is 3. The number of hydrogen-bond donors (Lipinski definition) is 1. The number of rotatable bonds is 1. The quantitative estimate of drug-likeness (QED) is 0.712. The summed E-state index contributed by atoms with van der Waals surface area (Å²) in [4.78, 5) is 19.7. The van der Waals surface area contributed by atoms with E-state index in [0.717, 1.165) is 22.5 Å². The molecule has 0 unspecified atom stereocenters. The number of anilines is 1. The minimum absolute atomic E-state index is 0.233. The summed E-state index contributed by atoms with van der Waals surface area (Å²) in [6.45, 7) is 1.85. The Bertz CT molecular complexity index is 812. The average Bonchev–Trinajstić information content (AvgIpc) is 2.64. The van der Waals surface area contributed by atoms with Crippen molar-refractivity contribution in [1.82, 2.24) is 14.5 Å². The normalized spacial score (nSPS) is 11.1. The van der Waals surface area contributed by atoms with Crippen LogP contribution in [0.1, 0.15) is 5.69 Å². The highest BCUT2D eigenvalue weighted by Gasteiger charge is 2.09. The summed E-state index contributed by atoms with van der Waals surface area (Å²) >= 11 is 0. The van der Waals surface area contributed by atoms with Gasteiger partial charge in [-0.25, -0.2) is 14.8 Å². The highest BCUT2D eigenvalue weighted by Crippen LogP contribution is 2.23. The van der Waals surface area contributed by atoms with Gasteiger partial charge >= 0.3 is 5.76 Å². The van der Waals surface area contributed by atoms with Gasteiger partial charge in [0.05, 0.1) is 11.2 Å². The van der Waals surface area contributed by atoms with Gasteiger partial charge in [-0.1, -0.05) is 0 Å². The topological polar surface area (TPSA) is 86.9 Å².